The van der Waals surface area contributed by atoms with Crippen molar-refractivity contribution in [3.63, 3.8) is 0 Å². The summed E-state index contributed by atoms with van der Waals surface area (Å²) >= 11 is 4.61. The second-order valence-electron chi connectivity index (χ2n) is 6.02. The fourth-order valence-corrected chi connectivity index (χ4v) is 4.27. The van der Waals surface area contributed by atoms with Crippen LogP contribution >= 0.6 is 12.6 Å². The van der Waals surface area contributed by atoms with Crippen LogP contribution in [0, 0.1) is 0 Å². The second-order valence-corrected chi connectivity index (χ2v) is 6.47. The molecule has 0 N–H and O–H groups in total. The number of thiol groups is 1. The van der Waals surface area contributed by atoms with Crippen LogP contribution in [-0.4, -0.2) is 35.4 Å². The van der Waals surface area contributed by atoms with Crippen molar-refractivity contribution >= 4 is 24.3 Å². The molecule has 0 bridgehead atoms. The van der Waals surface area contributed by atoms with Gasteiger partial charge in [-0.2, -0.15) is 0 Å². The maximum Gasteiger partial charge on any atom is 0.219 e. The van der Waals surface area contributed by atoms with Gasteiger partial charge >= 0.3 is 0 Å². The lowest BCUT2D eigenvalue weighted by Crippen LogP contribution is -2.47. The Hall–Kier alpha value is -1.92. The lowest BCUT2D eigenvalue weighted by molar-refractivity contribution is 0.157. The lowest BCUT2D eigenvalue weighted by atomic mass is 9.80. The molecule has 3 heterocycles. The van der Waals surface area contributed by atoms with Gasteiger partial charge in [0.25, 0.3) is 0 Å². The van der Waals surface area contributed by atoms with E-state index in [1.165, 1.54) is 5.57 Å². The molecule has 0 saturated heterocycles. The van der Waals surface area contributed by atoms with Crippen molar-refractivity contribution in [3.05, 3.63) is 47.5 Å². The van der Waals surface area contributed by atoms with E-state index in [0.717, 1.165) is 28.1 Å². The van der Waals surface area contributed by atoms with E-state index in [4.69, 9.17) is 9.47 Å². The zero-order valence-corrected chi connectivity index (χ0v) is 14.5. The summed E-state index contributed by atoms with van der Waals surface area (Å²) in [6.07, 6.45) is 10.1. The average Bonchev–Trinajstić information content (AvgIpc) is 3.02. The number of fused-ring (bicyclic) bond motifs is 3. The number of hydrogen-bond acceptors (Lipinski definition) is 5. The van der Waals surface area contributed by atoms with Gasteiger partial charge in [0, 0.05) is 7.11 Å². The first-order valence-electron chi connectivity index (χ1n) is 7.49. The van der Waals surface area contributed by atoms with Crippen LogP contribution in [0.4, 0.5) is 5.95 Å². The van der Waals surface area contributed by atoms with Gasteiger partial charge in [0.2, 0.25) is 5.95 Å². The third-order valence-corrected chi connectivity index (χ3v) is 5.10. The highest BCUT2D eigenvalue weighted by Gasteiger charge is 2.53. The minimum atomic E-state index is -0.440. The number of anilines is 1. The third kappa shape index (κ3) is 1.65. The quantitative estimate of drug-likeness (QED) is 0.669. The molecule has 23 heavy (non-hydrogen) atoms. The molecule has 2 aliphatic heterocycles. The Labute approximate surface area is 141 Å². The molecule has 0 saturated carbocycles. The molecule has 120 valence electrons. The Morgan fingerprint density at radius 1 is 1.30 bits per heavy atom. The molecule has 4 rings (SSSR count). The molecule has 6 heteroatoms. The summed E-state index contributed by atoms with van der Waals surface area (Å²) in [6.45, 7) is 4.21. The van der Waals surface area contributed by atoms with E-state index >= 15 is 0 Å². The first kappa shape index (κ1) is 14.7. The molecule has 2 unspecified atom stereocenters. The van der Waals surface area contributed by atoms with Crippen molar-refractivity contribution in [2.24, 2.45) is 0 Å². The van der Waals surface area contributed by atoms with Crippen LogP contribution in [0.3, 0.4) is 0 Å². The predicted octanol–water partition coefficient (Wildman–Crippen LogP) is 2.99. The van der Waals surface area contributed by atoms with E-state index in [9.17, 15) is 0 Å². The smallest absolute Gasteiger partial charge is 0.219 e. The first-order valence-corrected chi connectivity index (χ1v) is 7.94. The van der Waals surface area contributed by atoms with Gasteiger partial charge in [-0.15, -0.1) is 12.6 Å². The zero-order valence-electron chi connectivity index (χ0n) is 13.6. The first-order chi connectivity index (χ1) is 11.0. The van der Waals surface area contributed by atoms with E-state index in [0.29, 0.717) is 0 Å². The van der Waals surface area contributed by atoms with Gasteiger partial charge in [0.1, 0.15) is 11.6 Å². The largest absolute Gasteiger partial charge is 0.482 e. The molecule has 1 spiro atoms. The lowest BCUT2D eigenvalue weighted by Gasteiger charge is -2.41. The summed E-state index contributed by atoms with van der Waals surface area (Å²) in [5, 5.41) is 0.801. The minimum absolute atomic E-state index is 0.0381. The molecular formula is C17H19N3O2S. The number of imidazole rings is 1. The Morgan fingerprint density at radius 2 is 2.09 bits per heavy atom. The topological polar surface area (TPSA) is 39.5 Å². The molecule has 0 aromatic carbocycles. The molecule has 1 aliphatic carbocycles. The van der Waals surface area contributed by atoms with Crippen LogP contribution in [-0.2, 0) is 9.47 Å². The summed E-state index contributed by atoms with van der Waals surface area (Å²) < 4.78 is 13.4. The van der Waals surface area contributed by atoms with E-state index in [2.05, 4.69) is 53.1 Å². The maximum absolute atomic E-state index is 5.71. The van der Waals surface area contributed by atoms with Crippen LogP contribution in [0.25, 0.3) is 5.70 Å². The van der Waals surface area contributed by atoms with Gasteiger partial charge in [0.15, 0.2) is 5.88 Å². The molecule has 3 aliphatic rings. The molecule has 1 aromatic rings. The Kier molecular flexibility index (Phi) is 3.05. The van der Waals surface area contributed by atoms with E-state index in [1.807, 2.05) is 12.2 Å². The number of rotatable bonds is 2. The van der Waals surface area contributed by atoms with Crippen molar-refractivity contribution < 1.29 is 9.47 Å². The SMILES string of the molecule is COC1=CC=CC23C=C(C)C(OC)C(C)=C2n2c(S)cnc2N13. The second kappa shape index (κ2) is 4.79. The van der Waals surface area contributed by atoms with Crippen molar-refractivity contribution in [1.82, 2.24) is 9.55 Å². The van der Waals surface area contributed by atoms with Crippen LogP contribution in [0.1, 0.15) is 13.8 Å². The molecule has 2 atom stereocenters. The van der Waals surface area contributed by atoms with Crippen molar-refractivity contribution in [3.8, 4) is 0 Å². The van der Waals surface area contributed by atoms with Gasteiger partial charge in [0.05, 0.1) is 24.0 Å². The van der Waals surface area contributed by atoms with Crippen LogP contribution in [0.2, 0.25) is 0 Å². The highest BCUT2D eigenvalue weighted by Crippen LogP contribution is 2.53. The van der Waals surface area contributed by atoms with Crippen LogP contribution in [0.15, 0.2) is 52.6 Å². The average molecular weight is 329 g/mol. The summed E-state index contributed by atoms with van der Waals surface area (Å²) in [5.74, 6) is 1.57. The fourth-order valence-electron chi connectivity index (χ4n) is 4.03. The van der Waals surface area contributed by atoms with Crippen LogP contribution in [0.5, 0.6) is 0 Å². The van der Waals surface area contributed by atoms with Gasteiger partial charge in [-0.25, -0.2) is 4.98 Å². The van der Waals surface area contributed by atoms with E-state index < -0.39 is 5.54 Å². The number of ether oxygens (including phenoxy) is 2. The highest BCUT2D eigenvalue weighted by molar-refractivity contribution is 7.80. The fraction of sp³-hybridized carbons (Fsp3) is 0.353. The zero-order chi connectivity index (χ0) is 16.4. The van der Waals surface area contributed by atoms with Crippen molar-refractivity contribution in [2.45, 2.75) is 30.5 Å². The van der Waals surface area contributed by atoms with Crippen molar-refractivity contribution in [1.29, 1.82) is 0 Å². The highest BCUT2D eigenvalue weighted by atomic mass is 32.1. The number of methoxy groups -OCH3 is 2. The van der Waals surface area contributed by atoms with Gasteiger partial charge in [-0.1, -0.05) is 6.08 Å². The third-order valence-electron chi connectivity index (χ3n) is 4.78. The number of hydrogen-bond donors (Lipinski definition) is 1. The van der Waals surface area contributed by atoms with E-state index in [1.54, 1.807) is 20.4 Å². The summed E-state index contributed by atoms with van der Waals surface area (Å²) in [7, 11) is 3.42. The molecule has 1 aromatic heterocycles. The van der Waals surface area contributed by atoms with Crippen molar-refractivity contribution in [2.75, 3.05) is 19.1 Å². The summed E-state index contributed by atoms with van der Waals surface area (Å²) in [6, 6.07) is 0. The number of aromatic nitrogens is 2. The normalized spacial score (nSPS) is 28.2. The standard InChI is InChI=1S/C17H19N3O2S/c1-10-8-17-7-5-6-12(21-3)20(17)16-18-9-13(23)19(16)15(17)11(2)14(10)22-4/h5-9,14,23H,1-4H3. The predicted molar refractivity (Wildman–Crippen MR) is 92.4 cm³/mol. The molecule has 0 fully saturated rings. The molecule has 0 radical (unpaired) electrons. The van der Waals surface area contributed by atoms with Gasteiger partial charge < -0.3 is 9.47 Å². The maximum atomic E-state index is 5.71. The Morgan fingerprint density at radius 3 is 2.78 bits per heavy atom. The summed E-state index contributed by atoms with van der Waals surface area (Å²) in [5.41, 5.74) is 3.01. The van der Waals surface area contributed by atoms with Crippen LogP contribution < -0.4 is 4.90 Å². The Balaban J connectivity index is 2.07. The van der Waals surface area contributed by atoms with Gasteiger partial charge in [-0.3, -0.25) is 9.47 Å². The Bertz CT molecular complexity index is 818. The minimum Gasteiger partial charge on any atom is -0.482 e. The molecular weight excluding hydrogens is 310 g/mol. The molecule has 5 nitrogen and oxygen atoms in total. The van der Waals surface area contributed by atoms with E-state index in [-0.39, 0.29) is 6.10 Å². The summed E-state index contributed by atoms with van der Waals surface area (Å²) in [4.78, 5) is 6.67. The molecule has 0 amide bonds. The number of nitrogens with zero attached hydrogens (tertiary/aromatic N) is 3. The number of allylic oxidation sites excluding steroid dienone is 2. The van der Waals surface area contributed by atoms with Gasteiger partial charge in [-0.05, 0) is 43.2 Å². The monoisotopic (exact) mass is 329 g/mol.